The van der Waals surface area contributed by atoms with Gasteiger partial charge in [-0.05, 0) is 13.0 Å². The number of halogens is 2. The summed E-state index contributed by atoms with van der Waals surface area (Å²) in [6.07, 6.45) is -2.81. The molecule has 0 aliphatic carbocycles. The third kappa shape index (κ3) is 2.24. The van der Waals surface area contributed by atoms with Crippen LogP contribution in [0.15, 0.2) is 6.07 Å². The van der Waals surface area contributed by atoms with E-state index in [1.165, 1.54) is 6.92 Å². The van der Waals surface area contributed by atoms with Crippen LogP contribution in [0.3, 0.4) is 0 Å². The van der Waals surface area contributed by atoms with E-state index in [4.69, 9.17) is 5.11 Å². The van der Waals surface area contributed by atoms with Crippen molar-refractivity contribution in [3.8, 4) is 0 Å². The van der Waals surface area contributed by atoms with E-state index in [2.05, 4.69) is 4.98 Å². The number of hydrogen-bond acceptors (Lipinski definition) is 4. The first-order valence-electron chi connectivity index (χ1n) is 4.01. The van der Waals surface area contributed by atoms with Gasteiger partial charge in [0.2, 0.25) is 0 Å². The van der Waals surface area contributed by atoms with Crippen molar-refractivity contribution >= 4 is 5.69 Å². The van der Waals surface area contributed by atoms with Crippen molar-refractivity contribution in [1.29, 1.82) is 0 Å². The lowest BCUT2D eigenvalue weighted by Gasteiger charge is -2.05. The Balaban J connectivity index is 3.37. The maximum Gasteiger partial charge on any atom is 0.295 e. The summed E-state index contributed by atoms with van der Waals surface area (Å²) < 4.78 is 24.6. The molecule has 15 heavy (non-hydrogen) atoms. The molecule has 5 nitrogen and oxygen atoms in total. The molecule has 0 bridgehead atoms. The minimum absolute atomic E-state index is 0.123. The number of rotatable bonds is 3. The number of nitrogens with zero attached hydrogens (tertiary/aromatic N) is 2. The van der Waals surface area contributed by atoms with Gasteiger partial charge in [-0.2, -0.15) is 0 Å². The summed E-state index contributed by atoms with van der Waals surface area (Å²) in [5, 5.41) is 19.4. The van der Waals surface area contributed by atoms with Gasteiger partial charge >= 0.3 is 0 Å². The topological polar surface area (TPSA) is 76.3 Å². The van der Waals surface area contributed by atoms with Gasteiger partial charge in [-0.1, -0.05) is 0 Å². The van der Waals surface area contributed by atoms with Gasteiger partial charge in [0.25, 0.3) is 12.1 Å². The molecule has 0 aliphatic heterocycles. The average Bonchev–Trinajstić information content (AvgIpc) is 2.15. The molecule has 82 valence electrons. The fourth-order valence-electron chi connectivity index (χ4n) is 1.24. The van der Waals surface area contributed by atoms with Gasteiger partial charge in [-0.3, -0.25) is 10.1 Å². The van der Waals surface area contributed by atoms with Gasteiger partial charge in [0.15, 0.2) is 0 Å². The van der Waals surface area contributed by atoms with Gasteiger partial charge in [0.05, 0.1) is 17.1 Å². The maximum absolute atomic E-state index is 12.3. The Morgan fingerprint density at radius 1 is 1.67 bits per heavy atom. The molecule has 0 amide bonds. The van der Waals surface area contributed by atoms with Gasteiger partial charge in [-0.25, -0.2) is 13.8 Å². The normalized spacial score (nSPS) is 10.7. The zero-order chi connectivity index (χ0) is 11.6. The van der Waals surface area contributed by atoms with E-state index in [0.29, 0.717) is 0 Å². The summed E-state index contributed by atoms with van der Waals surface area (Å²) in [6.45, 7) is 0.586. The SMILES string of the molecule is Cc1nc(C(F)F)cc(CO)c1[N+](=O)[O-]. The lowest BCUT2D eigenvalue weighted by atomic mass is 10.1. The Morgan fingerprint density at radius 3 is 2.67 bits per heavy atom. The highest BCUT2D eigenvalue weighted by atomic mass is 19.3. The largest absolute Gasteiger partial charge is 0.391 e. The smallest absolute Gasteiger partial charge is 0.295 e. The van der Waals surface area contributed by atoms with Crippen LogP contribution in [-0.2, 0) is 6.61 Å². The van der Waals surface area contributed by atoms with Crippen LogP contribution in [0.2, 0.25) is 0 Å². The minimum atomic E-state index is -2.81. The molecule has 0 atom stereocenters. The second-order valence-corrected chi connectivity index (χ2v) is 2.86. The molecule has 7 heteroatoms. The number of pyridine rings is 1. The number of hydrogen-bond donors (Lipinski definition) is 1. The molecule has 1 aromatic rings. The third-order valence-corrected chi connectivity index (χ3v) is 1.84. The highest BCUT2D eigenvalue weighted by Gasteiger charge is 2.22. The predicted octanol–water partition coefficient (Wildman–Crippen LogP) is 1.73. The van der Waals surface area contributed by atoms with Crippen LogP contribution in [0.4, 0.5) is 14.5 Å². The molecule has 0 unspecified atom stereocenters. The summed E-state index contributed by atoms with van der Waals surface area (Å²) >= 11 is 0. The van der Waals surface area contributed by atoms with Crippen molar-refractivity contribution in [2.45, 2.75) is 20.0 Å². The summed E-state index contributed by atoms with van der Waals surface area (Å²) in [5.41, 5.74) is -1.26. The maximum atomic E-state index is 12.3. The molecule has 0 saturated heterocycles. The Hall–Kier alpha value is -1.63. The second-order valence-electron chi connectivity index (χ2n) is 2.86. The predicted molar refractivity (Wildman–Crippen MR) is 46.5 cm³/mol. The van der Waals surface area contributed by atoms with Crippen LogP contribution < -0.4 is 0 Å². The van der Waals surface area contributed by atoms with Crippen LogP contribution in [0.5, 0.6) is 0 Å². The number of aliphatic hydroxyl groups is 1. The fourth-order valence-corrected chi connectivity index (χ4v) is 1.24. The van der Waals surface area contributed by atoms with Crippen molar-refractivity contribution in [2.24, 2.45) is 0 Å². The van der Waals surface area contributed by atoms with Crippen LogP contribution in [0.1, 0.15) is 23.4 Å². The first kappa shape index (κ1) is 11.4. The van der Waals surface area contributed by atoms with Crippen molar-refractivity contribution < 1.29 is 18.8 Å². The molecular formula is C8H8F2N2O3. The standard InChI is InChI=1S/C8H8F2N2O3/c1-4-7(12(14)15)5(3-13)2-6(11-4)8(9)10/h2,8,13H,3H2,1H3. The van der Waals surface area contributed by atoms with Crippen molar-refractivity contribution in [2.75, 3.05) is 0 Å². The lowest BCUT2D eigenvalue weighted by Crippen LogP contribution is -2.03. The van der Waals surface area contributed by atoms with E-state index in [1.54, 1.807) is 0 Å². The van der Waals surface area contributed by atoms with E-state index in [-0.39, 0.29) is 11.3 Å². The van der Waals surface area contributed by atoms with Gasteiger partial charge in [-0.15, -0.1) is 0 Å². The molecule has 1 aromatic heterocycles. The Kier molecular flexibility index (Phi) is 3.25. The fraction of sp³-hybridized carbons (Fsp3) is 0.375. The molecular weight excluding hydrogens is 210 g/mol. The van der Waals surface area contributed by atoms with Crippen LogP contribution in [0, 0.1) is 17.0 Å². The molecule has 1 rings (SSSR count). The zero-order valence-electron chi connectivity index (χ0n) is 7.78. The number of aryl methyl sites for hydroxylation is 1. The van der Waals surface area contributed by atoms with E-state index in [0.717, 1.165) is 6.07 Å². The molecule has 1 heterocycles. The number of nitro groups is 1. The number of alkyl halides is 2. The highest BCUT2D eigenvalue weighted by molar-refractivity contribution is 5.44. The summed E-state index contributed by atoms with van der Waals surface area (Å²) in [6, 6.07) is 0.843. The molecule has 0 saturated carbocycles. The summed E-state index contributed by atoms with van der Waals surface area (Å²) in [4.78, 5) is 13.2. The quantitative estimate of drug-likeness (QED) is 0.619. The first-order valence-corrected chi connectivity index (χ1v) is 4.01. The third-order valence-electron chi connectivity index (χ3n) is 1.84. The zero-order valence-corrected chi connectivity index (χ0v) is 7.78. The highest BCUT2D eigenvalue weighted by Crippen LogP contribution is 2.26. The number of aliphatic hydroxyl groups excluding tert-OH is 1. The van der Waals surface area contributed by atoms with Crippen molar-refractivity contribution in [3.63, 3.8) is 0 Å². The van der Waals surface area contributed by atoms with E-state index >= 15 is 0 Å². The molecule has 0 aliphatic rings. The first-order chi connectivity index (χ1) is 6.97. The lowest BCUT2D eigenvalue weighted by molar-refractivity contribution is -0.386. The minimum Gasteiger partial charge on any atom is -0.391 e. The summed E-state index contributed by atoms with van der Waals surface area (Å²) in [7, 11) is 0. The van der Waals surface area contributed by atoms with Crippen LogP contribution in [0.25, 0.3) is 0 Å². The molecule has 0 spiro atoms. The Bertz CT molecular complexity index is 396. The average molecular weight is 218 g/mol. The molecule has 0 aromatic carbocycles. The Morgan fingerprint density at radius 2 is 2.27 bits per heavy atom. The second kappa shape index (κ2) is 4.26. The summed E-state index contributed by atoms with van der Waals surface area (Å²) in [5.74, 6) is 0. The monoisotopic (exact) mass is 218 g/mol. The molecule has 0 radical (unpaired) electrons. The van der Waals surface area contributed by atoms with E-state index in [1.807, 2.05) is 0 Å². The molecule has 1 N–H and O–H groups in total. The van der Waals surface area contributed by atoms with Gasteiger partial charge in [0.1, 0.15) is 11.4 Å². The van der Waals surface area contributed by atoms with Gasteiger partial charge < -0.3 is 5.11 Å². The Labute approximate surface area is 83.5 Å². The number of aromatic nitrogens is 1. The molecule has 0 fully saturated rings. The van der Waals surface area contributed by atoms with Crippen molar-refractivity contribution in [3.05, 3.63) is 33.1 Å². The van der Waals surface area contributed by atoms with E-state index < -0.39 is 29.3 Å². The van der Waals surface area contributed by atoms with Gasteiger partial charge in [0, 0.05) is 0 Å². The van der Waals surface area contributed by atoms with E-state index in [9.17, 15) is 18.9 Å². The van der Waals surface area contributed by atoms with Crippen LogP contribution >= 0.6 is 0 Å². The van der Waals surface area contributed by atoms with Crippen molar-refractivity contribution in [1.82, 2.24) is 4.98 Å². The van der Waals surface area contributed by atoms with Crippen LogP contribution in [-0.4, -0.2) is 15.0 Å².